The monoisotopic (exact) mass is 344 g/mol. The Bertz CT molecular complexity index is 240. The van der Waals surface area contributed by atoms with E-state index in [1.165, 1.54) is 41.5 Å². The fourth-order valence-electron chi connectivity index (χ4n) is 1.24. The fraction of sp³-hybridized carbons (Fsp3) is 0.600. The van der Waals surface area contributed by atoms with E-state index in [0.29, 0.717) is 0 Å². The van der Waals surface area contributed by atoms with Crippen LogP contribution in [0.15, 0.2) is 15.2 Å². The number of unbranched alkanes of at least 4 members (excludes halogenated alkanes) is 3. The predicted octanol–water partition coefficient (Wildman–Crippen LogP) is 5.88. The third kappa shape index (κ3) is 9.20. The van der Waals surface area contributed by atoms with Gasteiger partial charge in [0, 0.05) is 0 Å². The highest BCUT2D eigenvalue weighted by atomic mass is 79.9. The fourth-order valence-corrected chi connectivity index (χ4v) is 2.57. The third-order valence-corrected chi connectivity index (χ3v) is 3.80. The molecule has 0 aliphatic carbocycles. The van der Waals surface area contributed by atoms with Gasteiger partial charge in [0.1, 0.15) is 0 Å². The van der Waals surface area contributed by atoms with E-state index in [4.69, 9.17) is 0 Å². The molecule has 5 heteroatoms. The second-order valence-corrected chi connectivity index (χ2v) is 9.76. The van der Waals surface area contributed by atoms with E-state index >= 15 is 0 Å². The lowest BCUT2D eigenvalue weighted by Crippen LogP contribution is -1.83. The Morgan fingerprint density at radius 1 is 1.33 bits per heavy atom. The summed E-state index contributed by atoms with van der Waals surface area (Å²) in [6.07, 6.45) is 6.65. The van der Waals surface area contributed by atoms with Crippen LogP contribution >= 0.6 is 53.1 Å². The summed E-state index contributed by atoms with van der Waals surface area (Å²) in [5, 5.41) is 2.15. The van der Waals surface area contributed by atoms with Crippen LogP contribution < -0.4 is 0 Å². The van der Waals surface area contributed by atoms with Gasteiger partial charge in [-0.15, -0.1) is 29.2 Å². The van der Waals surface area contributed by atoms with E-state index in [-0.39, 0.29) is 0 Å². The standard InChI is InChI=1S/C10H15BrS.H5P3/c1-2-3-4-5-6-9-7-8-12-10(9)11;1-3-2/h7-8H,2-6H2,1H3;3H,1-2H2. The van der Waals surface area contributed by atoms with Crippen LogP contribution in [-0.4, -0.2) is 0 Å². The zero-order valence-corrected chi connectivity index (χ0v) is 14.8. The molecule has 0 aromatic carbocycles. The minimum absolute atomic E-state index is 0.917. The SMILES string of the molecule is CCCCCCc1ccsc1Br.PPP. The molecular formula is C10H20BrP3S. The summed E-state index contributed by atoms with van der Waals surface area (Å²) in [7, 11) is 6.06. The van der Waals surface area contributed by atoms with Crippen molar-refractivity contribution >= 4 is 53.1 Å². The van der Waals surface area contributed by atoms with Crippen molar-refractivity contribution in [2.75, 3.05) is 0 Å². The number of hydrogen-bond donors (Lipinski definition) is 0. The average molecular weight is 345 g/mol. The van der Waals surface area contributed by atoms with Crippen molar-refractivity contribution in [3.05, 3.63) is 20.8 Å². The molecule has 0 spiro atoms. The van der Waals surface area contributed by atoms with Crippen molar-refractivity contribution in [3.8, 4) is 0 Å². The highest BCUT2D eigenvalue weighted by molar-refractivity contribution is 9.11. The molecule has 0 saturated heterocycles. The van der Waals surface area contributed by atoms with Crippen LogP contribution in [0.25, 0.3) is 0 Å². The molecule has 15 heavy (non-hydrogen) atoms. The van der Waals surface area contributed by atoms with Crippen LogP contribution in [-0.2, 0) is 6.42 Å². The van der Waals surface area contributed by atoms with Crippen LogP contribution in [0.2, 0.25) is 0 Å². The van der Waals surface area contributed by atoms with Gasteiger partial charge in [0.2, 0.25) is 0 Å². The van der Waals surface area contributed by atoms with E-state index in [1.54, 1.807) is 11.3 Å². The highest BCUT2D eigenvalue weighted by Crippen LogP contribution is 2.28. The summed E-state index contributed by atoms with van der Waals surface area (Å²) >= 11 is 5.34. The zero-order chi connectivity index (χ0) is 11.5. The summed E-state index contributed by atoms with van der Waals surface area (Å²) in [4.78, 5) is 0. The van der Waals surface area contributed by atoms with Gasteiger partial charge in [-0.1, -0.05) is 34.1 Å². The molecule has 0 N–H and O–H groups in total. The number of thiophene rings is 1. The number of halogens is 1. The average Bonchev–Trinajstić information content (AvgIpc) is 2.60. The molecule has 0 aliphatic heterocycles. The van der Waals surface area contributed by atoms with Crippen molar-refractivity contribution in [2.45, 2.75) is 39.0 Å². The number of rotatable bonds is 5. The Morgan fingerprint density at radius 3 is 2.47 bits per heavy atom. The number of hydrogen-bond acceptors (Lipinski definition) is 1. The molecule has 0 aliphatic rings. The Kier molecular flexibility index (Phi) is 13.1. The molecule has 0 nitrogen and oxygen atoms in total. The number of aryl methyl sites for hydroxylation is 1. The lowest BCUT2D eigenvalue weighted by atomic mass is 10.1. The van der Waals surface area contributed by atoms with Gasteiger partial charge in [-0.25, -0.2) is 0 Å². The van der Waals surface area contributed by atoms with E-state index < -0.39 is 0 Å². The van der Waals surface area contributed by atoms with Crippen LogP contribution in [0.4, 0.5) is 0 Å². The maximum Gasteiger partial charge on any atom is 0.0730 e. The van der Waals surface area contributed by atoms with Crippen LogP contribution in [0.5, 0.6) is 0 Å². The maximum atomic E-state index is 3.55. The first-order valence-electron chi connectivity index (χ1n) is 5.14. The Balaban J connectivity index is 0.000000583. The summed E-state index contributed by atoms with van der Waals surface area (Å²) in [6, 6.07) is 2.22. The molecule has 0 amide bonds. The largest absolute Gasteiger partial charge is 0.137 e. The first-order chi connectivity index (χ1) is 7.26. The Labute approximate surface area is 112 Å². The maximum absolute atomic E-state index is 3.55. The van der Waals surface area contributed by atoms with Crippen molar-refractivity contribution in [1.29, 1.82) is 0 Å². The van der Waals surface area contributed by atoms with E-state index in [2.05, 4.69) is 52.2 Å². The minimum atomic E-state index is 0.917. The van der Waals surface area contributed by atoms with Crippen molar-refractivity contribution < 1.29 is 0 Å². The van der Waals surface area contributed by atoms with Crippen LogP contribution in [0.1, 0.15) is 38.2 Å². The molecule has 2 atom stereocenters. The van der Waals surface area contributed by atoms with E-state index in [1.807, 2.05) is 0 Å². The van der Waals surface area contributed by atoms with E-state index in [0.717, 1.165) is 7.96 Å². The van der Waals surface area contributed by atoms with Crippen LogP contribution in [0, 0.1) is 0 Å². The van der Waals surface area contributed by atoms with Crippen molar-refractivity contribution in [2.24, 2.45) is 0 Å². The second-order valence-electron chi connectivity index (χ2n) is 3.20. The summed E-state index contributed by atoms with van der Waals surface area (Å²) < 4.78 is 1.32. The molecule has 2 unspecified atom stereocenters. The third-order valence-electron chi connectivity index (χ3n) is 1.99. The molecule has 1 heterocycles. The Morgan fingerprint density at radius 2 is 2.00 bits per heavy atom. The topological polar surface area (TPSA) is 0 Å². The summed E-state index contributed by atoms with van der Waals surface area (Å²) in [6.45, 7) is 2.25. The zero-order valence-electron chi connectivity index (χ0n) is 9.13. The van der Waals surface area contributed by atoms with Gasteiger partial charge >= 0.3 is 0 Å². The highest BCUT2D eigenvalue weighted by Gasteiger charge is 1.99. The summed E-state index contributed by atoms with van der Waals surface area (Å²) in [5.74, 6) is 0. The molecular weight excluding hydrogens is 325 g/mol. The van der Waals surface area contributed by atoms with Gasteiger partial charge in [-0.05, 0) is 45.8 Å². The minimum Gasteiger partial charge on any atom is -0.137 e. The Hall–Kier alpha value is 1.47. The normalized spacial score (nSPS) is 9.60. The van der Waals surface area contributed by atoms with Crippen molar-refractivity contribution in [1.82, 2.24) is 0 Å². The molecule has 1 aromatic rings. The molecule has 0 fully saturated rings. The molecule has 1 rings (SSSR count). The second kappa shape index (κ2) is 11.9. The van der Waals surface area contributed by atoms with E-state index in [9.17, 15) is 0 Å². The quantitative estimate of drug-likeness (QED) is 0.462. The molecule has 1 aromatic heterocycles. The van der Waals surface area contributed by atoms with Gasteiger partial charge in [0.05, 0.1) is 3.79 Å². The molecule has 0 bridgehead atoms. The van der Waals surface area contributed by atoms with Gasteiger partial charge in [-0.3, -0.25) is 0 Å². The molecule has 0 saturated carbocycles. The first kappa shape index (κ1) is 16.5. The first-order valence-corrected chi connectivity index (χ1v) is 11.4. The molecule has 0 radical (unpaired) electrons. The van der Waals surface area contributed by atoms with Gasteiger partial charge in [0.25, 0.3) is 0 Å². The van der Waals surface area contributed by atoms with Gasteiger partial charge in [-0.2, -0.15) is 0 Å². The predicted molar refractivity (Wildman–Crippen MR) is 87.6 cm³/mol. The van der Waals surface area contributed by atoms with Crippen LogP contribution in [0.3, 0.4) is 0 Å². The van der Waals surface area contributed by atoms with Gasteiger partial charge in [0.15, 0.2) is 0 Å². The lowest BCUT2D eigenvalue weighted by molar-refractivity contribution is 0.667. The summed E-state index contributed by atoms with van der Waals surface area (Å²) in [5.41, 5.74) is 1.48. The molecule has 88 valence electrons. The lowest BCUT2D eigenvalue weighted by Gasteiger charge is -1.98. The van der Waals surface area contributed by atoms with Crippen molar-refractivity contribution in [3.63, 3.8) is 0 Å². The van der Waals surface area contributed by atoms with Gasteiger partial charge < -0.3 is 0 Å². The smallest absolute Gasteiger partial charge is 0.0730 e.